The van der Waals surface area contributed by atoms with Crippen LogP contribution < -0.4 is 9.80 Å². The molecule has 1 aromatic heterocycles. The fourth-order valence-corrected chi connectivity index (χ4v) is 3.09. The Morgan fingerprint density at radius 2 is 2.00 bits per heavy atom. The Labute approximate surface area is 140 Å². The summed E-state index contributed by atoms with van der Waals surface area (Å²) in [4.78, 5) is 9.17. The van der Waals surface area contributed by atoms with E-state index in [0.717, 1.165) is 17.2 Å². The van der Waals surface area contributed by atoms with Gasteiger partial charge in [0.25, 0.3) is 0 Å². The quantitative estimate of drug-likeness (QED) is 0.866. The normalized spacial score (nSPS) is 16.2. The number of rotatable bonds is 3. The van der Waals surface area contributed by atoms with Crippen LogP contribution in [0.25, 0.3) is 0 Å². The second kappa shape index (κ2) is 5.76. The maximum Gasteiger partial charge on any atom is 0.177 e. The molecule has 0 saturated carbocycles. The highest BCUT2D eigenvalue weighted by atomic mass is 16.5. The SMILES string of the molecule is COCc1cn(C2=NCN3C2=CN(C(C)C)c2ccccc23)nn1. The lowest BCUT2D eigenvalue weighted by Gasteiger charge is -2.36. The summed E-state index contributed by atoms with van der Waals surface area (Å²) >= 11 is 0. The molecule has 2 aliphatic rings. The van der Waals surface area contributed by atoms with Gasteiger partial charge in [0.15, 0.2) is 5.84 Å². The molecular formula is C17H20N6O. The predicted octanol–water partition coefficient (Wildman–Crippen LogP) is 2.22. The molecule has 0 fully saturated rings. The summed E-state index contributed by atoms with van der Waals surface area (Å²) in [6.07, 6.45) is 4.02. The fraction of sp³-hybridized carbons (Fsp3) is 0.353. The first-order valence-corrected chi connectivity index (χ1v) is 8.01. The third-order valence-electron chi connectivity index (χ3n) is 4.20. The number of allylic oxidation sites excluding steroid dienone is 1. The van der Waals surface area contributed by atoms with E-state index in [-0.39, 0.29) is 0 Å². The van der Waals surface area contributed by atoms with Crippen LogP contribution in [0.4, 0.5) is 11.4 Å². The molecule has 0 atom stereocenters. The van der Waals surface area contributed by atoms with Gasteiger partial charge >= 0.3 is 0 Å². The van der Waals surface area contributed by atoms with Gasteiger partial charge in [-0.25, -0.2) is 9.67 Å². The van der Waals surface area contributed by atoms with Gasteiger partial charge in [0.2, 0.25) is 0 Å². The smallest absolute Gasteiger partial charge is 0.177 e. The van der Waals surface area contributed by atoms with Gasteiger partial charge < -0.3 is 14.5 Å². The number of nitrogens with zero attached hydrogens (tertiary/aromatic N) is 6. The number of hydrogen-bond acceptors (Lipinski definition) is 6. The number of benzene rings is 1. The molecule has 4 rings (SSSR count). The minimum Gasteiger partial charge on any atom is -0.378 e. The fourth-order valence-electron chi connectivity index (χ4n) is 3.09. The standard InChI is InChI=1S/C17H20N6O/c1-12(2)21-9-16-17(23-8-13(10-24-3)19-20-23)18-11-22(16)15-7-5-4-6-14(15)21/h4-9,12H,10-11H2,1-3H3. The van der Waals surface area contributed by atoms with Gasteiger partial charge in [0.05, 0.1) is 24.2 Å². The van der Waals surface area contributed by atoms with Crippen LogP contribution in [0.15, 0.2) is 47.4 Å². The maximum atomic E-state index is 5.12. The molecule has 0 radical (unpaired) electrons. The van der Waals surface area contributed by atoms with Crippen molar-refractivity contribution in [2.75, 3.05) is 23.6 Å². The summed E-state index contributed by atoms with van der Waals surface area (Å²) in [6.45, 7) is 5.39. The molecule has 3 heterocycles. The van der Waals surface area contributed by atoms with Crippen LogP contribution in [0, 0.1) is 0 Å². The number of aliphatic imine (C=N–C) groups is 1. The highest BCUT2D eigenvalue weighted by Gasteiger charge is 2.32. The minimum absolute atomic E-state index is 0.349. The van der Waals surface area contributed by atoms with E-state index in [2.05, 4.69) is 69.4 Å². The van der Waals surface area contributed by atoms with Crippen molar-refractivity contribution >= 4 is 17.2 Å². The van der Waals surface area contributed by atoms with Crippen molar-refractivity contribution in [3.8, 4) is 0 Å². The Morgan fingerprint density at radius 3 is 2.75 bits per heavy atom. The molecule has 0 N–H and O–H groups in total. The zero-order valence-corrected chi connectivity index (χ0v) is 14.0. The van der Waals surface area contributed by atoms with Gasteiger partial charge in [0.1, 0.15) is 18.1 Å². The summed E-state index contributed by atoms with van der Waals surface area (Å²) in [5.74, 6) is 0.810. The number of methoxy groups -OCH3 is 1. The number of para-hydroxylation sites is 2. The molecule has 0 bridgehead atoms. The van der Waals surface area contributed by atoms with Crippen LogP contribution >= 0.6 is 0 Å². The lowest BCUT2D eigenvalue weighted by atomic mass is 10.1. The lowest BCUT2D eigenvalue weighted by molar-refractivity contribution is 0.181. The third kappa shape index (κ3) is 2.28. The third-order valence-corrected chi connectivity index (χ3v) is 4.20. The molecule has 0 amide bonds. The summed E-state index contributed by atoms with van der Waals surface area (Å²) in [6, 6.07) is 8.76. The number of fused-ring (bicyclic) bond motifs is 3. The molecular weight excluding hydrogens is 304 g/mol. The van der Waals surface area contributed by atoms with E-state index in [9.17, 15) is 0 Å². The van der Waals surface area contributed by atoms with Gasteiger partial charge in [0, 0.05) is 19.4 Å². The largest absolute Gasteiger partial charge is 0.378 e. The van der Waals surface area contributed by atoms with Crippen molar-refractivity contribution in [3.63, 3.8) is 0 Å². The average molecular weight is 324 g/mol. The molecule has 24 heavy (non-hydrogen) atoms. The van der Waals surface area contributed by atoms with Crippen molar-refractivity contribution in [3.05, 3.63) is 48.1 Å². The van der Waals surface area contributed by atoms with E-state index in [1.165, 1.54) is 11.4 Å². The summed E-state index contributed by atoms with van der Waals surface area (Å²) in [7, 11) is 1.65. The van der Waals surface area contributed by atoms with Crippen molar-refractivity contribution in [2.24, 2.45) is 4.99 Å². The Hall–Kier alpha value is -2.67. The summed E-state index contributed by atoms with van der Waals surface area (Å²) in [5, 5.41) is 8.34. The first-order valence-electron chi connectivity index (χ1n) is 8.01. The van der Waals surface area contributed by atoms with Gasteiger partial charge in [-0.15, -0.1) is 5.10 Å². The van der Waals surface area contributed by atoms with Gasteiger partial charge in [-0.2, -0.15) is 0 Å². The molecule has 2 aromatic rings. The van der Waals surface area contributed by atoms with E-state index >= 15 is 0 Å². The highest BCUT2D eigenvalue weighted by Crippen LogP contribution is 2.39. The number of hydrogen-bond donors (Lipinski definition) is 0. The van der Waals surface area contributed by atoms with Gasteiger partial charge in [-0.1, -0.05) is 17.3 Å². The van der Waals surface area contributed by atoms with Gasteiger partial charge in [-0.05, 0) is 26.0 Å². The molecule has 0 saturated heterocycles. The Balaban J connectivity index is 1.74. The molecule has 7 nitrogen and oxygen atoms in total. The Morgan fingerprint density at radius 1 is 1.21 bits per heavy atom. The molecule has 2 aliphatic heterocycles. The van der Waals surface area contributed by atoms with E-state index in [0.29, 0.717) is 19.3 Å². The Bertz CT molecular complexity index is 822. The molecule has 1 aromatic carbocycles. The van der Waals surface area contributed by atoms with E-state index in [4.69, 9.17) is 4.74 Å². The van der Waals surface area contributed by atoms with E-state index < -0.39 is 0 Å². The molecule has 0 unspecified atom stereocenters. The van der Waals surface area contributed by atoms with Gasteiger partial charge in [-0.3, -0.25) is 0 Å². The van der Waals surface area contributed by atoms with Crippen molar-refractivity contribution in [1.82, 2.24) is 15.0 Å². The zero-order chi connectivity index (χ0) is 16.7. The first-order chi connectivity index (χ1) is 11.7. The summed E-state index contributed by atoms with van der Waals surface area (Å²) in [5.41, 5.74) is 4.19. The van der Waals surface area contributed by atoms with Crippen LogP contribution in [0.3, 0.4) is 0 Å². The summed E-state index contributed by atoms with van der Waals surface area (Å²) < 4.78 is 6.85. The predicted molar refractivity (Wildman–Crippen MR) is 93.1 cm³/mol. The van der Waals surface area contributed by atoms with Crippen LogP contribution in [-0.4, -0.2) is 40.6 Å². The first kappa shape index (κ1) is 14.9. The van der Waals surface area contributed by atoms with Crippen LogP contribution in [0.1, 0.15) is 19.5 Å². The van der Waals surface area contributed by atoms with E-state index in [1.54, 1.807) is 11.8 Å². The molecule has 0 aliphatic carbocycles. The lowest BCUT2D eigenvalue weighted by Crippen LogP contribution is -2.36. The van der Waals surface area contributed by atoms with Crippen molar-refractivity contribution < 1.29 is 4.74 Å². The topological polar surface area (TPSA) is 58.8 Å². The number of aromatic nitrogens is 3. The Kier molecular flexibility index (Phi) is 3.57. The van der Waals surface area contributed by atoms with Crippen LogP contribution in [0.2, 0.25) is 0 Å². The molecule has 7 heteroatoms. The maximum absolute atomic E-state index is 5.12. The van der Waals surface area contributed by atoms with E-state index in [1.807, 2.05) is 6.20 Å². The minimum atomic E-state index is 0.349. The zero-order valence-electron chi connectivity index (χ0n) is 14.0. The average Bonchev–Trinajstić information content (AvgIpc) is 3.20. The number of ether oxygens (including phenoxy) is 1. The van der Waals surface area contributed by atoms with Crippen LogP contribution in [-0.2, 0) is 11.3 Å². The second-order valence-corrected chi connectivity index (χ2v) is 6.14. The second-order valence-electron chi connectivity index (χ2n) is 6.14. The molecule has 124 valence electrons. The van der Waals surface area contributed by atoms with Crippen molar-refractivity contribution in [2.45, 2.75) is 26.5 Å². The molecule has 0 spiro atoms. The van der Waals surface area contributed by atoms with Crippen LogP contribution in [0.5, 0.6) is 0 Å². The van der Waals surface area contributed by atoms with Crippen molar-refractivity contribution in [1.29, 1.82) is 0 Å². The number of anilines is 2. The highest BCUT2D eigenvalue weighted by molar-refractivity contribution is 6.07. The monoisotopic (exact) mass is 324 g/mol.